The van der Waals surface area contributed by atoms with E-state index in [1.54, 1.807) is 19.1 Å². The van der Waals surface area contributed by atoms with Gasteiger partial charge in [-0.2, -0.15) is 4.98 Å². The number of nitrogens with zero attached hydrogens (tertiary/aromatic N) is 2. The highest BCUT2D eigenvalue weighted by Crippen LogP contribution is 2.20. The number of nitrogens with one attached hydrogen (secondary N) is 2. The average Bonchev–Trinajstić information content (AvgIpc) is 3.03. The van der Waals surface area contributed by atoms with E-state index < -0.39 is 0 Å². The third-order valence-electron chi connectivity index (χ3n) is 3.60. The number of anilines is 2. The molecule has 0 saturated heterocycles. The Labute approximate surface area is 151 Å². The number of ether oxygens (including phenoxy) is 1. The zero-order valence-electron chi connectivity index (χ0n) is 14.7. The van der Waals surface area contributed by atoms with Gasteiger partial charge >= 0.3 is 6.03 Å². The second-order valence-electron chi connectivity index (χ2n) is 5.61. The van der Waals surface area contributed by atoms with Crippen molar-refractivity contribution in [3.05, 3.63) is 65.8 Å². The molecule has 0 radical (unpaired) electrons. The van der Waals surface area contributed by atoms with E-state index in [-0.39, 0.29) is 6.03 Å². The van der Waals surface area contributed by atoms with Crippen molar-refractivity contribution in [1.29, 1.82) is 0 Å². The molecule has 0 aliphatic rings. The first-order valence-corrected chi connectivity index (χ1v) is 8.32. The summed E-state index contributed by atoms with van der Waals surface area (Å²) >= 11 is 0. The monoisotopic (exact) mass is 352 g/mol. The fourth-order valence-corrected chi connectivity index (χ4v) is 2.46. The highest BCUT2D eigenvalue weighted by molar-refractivity contribution is 6.00. The Bertz CT molecular complexity index is 875. The smallest absolute Gasteiger partial charge is 0.323 e. The van der Waals surface area contributed by atoms with E-state index >= 15 is 0 Å². The van der Waals surface area contributed by atoms with Crippen LogP contribution in [-0.4, -0.2) is 22.8 Å². The fraction of sp³-hybridized carbons (Fsp3) is 0.211. The van der Waals surface area contributed by atoms with Gasteiger partial charge in [-0.25, -0.2) is 4.79 Å². The molecule has 0 saturated carbocycles. The Morgan fingerprint density at radius 1 is 1.12 bits per heavy atom. The van der Waals surface area contributed by atoms with Gasteiger partial charge in [-0.15, -0.1) is 0 Å². The number of rotatable bonds is 6. The lowest BCUT2D eigenvalue weighted by molar-refractivity contribution is 0.262. The summed E-state index contributed by atoms with van der Waals surface area (Å²) in [5, 5.41) is 9.44. The molecule has 3 rings (SSSR count). The second-order valence-corrected chi connectivity index (χ2v) is 5.61. The van der Waals surface area contributed by atoms with E-state index in [1.165, 1.54) is 0 Å². The zero-order valence-corrected chi connectivity index (χ0v) is 14.7. The number of carbonyl (C=O) groups is 1. The highest BCUT2D eigenvalue weighted by atomic mass is 16.5. The van der Waals surface area contributed by atoms with E-state index in [4.69, 9.17) is 9.26 Å². The molecule has 1 heterocycles. The van der Waals surface area contributed by atoms with Crippen LogP contribution in [0.15, 0.2) is 53.1 Å². The van der Waals surface area contributed by atoms with Gasteiger partial charge in [0, 0.05) is 11.4 Å². The molecule has 0 aliphatic carbocycles. The van der Waals surface area contributed by atoms with Gasteiger partial charge in [0.25, 0.3) is 0 Å². The molecule has 7 heteroatoms. The summed E-state index contributed by atoms with van der Waals surface area (Å²) in [6.07, 6.45) is 0.445. The lowest BCUT2D eigenvalue weighted by Gasteiger charge is -2.11. The summed E-state index contributed by atoms with van der Waals surface area (Å²) in [7, 11) is 0. The summed E-state index contributed by atoms with van der Waals surface area (Å²) < 4.78 is 10.5. The zero-order chi connectivity index (χ0) is 18.4. The molecule has 0 spiro atoms. The minimum absolute atomic E-state index is 0.330. The first-order chi connectivity index (χ1) is 12.6. The topological polar surface area (TPSA) is 89.3 Å². The number of carbonyl (C=O) groups excluding carboxylic acids is 1. The van der Waals surface area contributed by atoms with Crippen LogP contribution in [-0.2, 0) is 6.42 Å². The second kappa shape index (κ2) is 8.15. The van der Waals surface area contributed by atoms with E-state index in [0.29, 0.717) is 36.1 Å². The summed E-state index contributed by atoms with van der Waals surface area (Å²) in [5.41, 5.74) is 2.25. The van der Waals surface area contributed by atoms with Crippen molar-refractivity contribution in [3.63, 3.8) is 0 Å². The molecule has 2 aromatic carbocycles. The van der Waals surface area contributed by atoms with Gasteiger partial charge < -0.3 is 19.9 Å². The van der Waals surface area contributed by atoms with Crippen LogP contribution in [0.1, 0.15) is 24.2 Å². The number of aromatic nitrogens is 2. The normalized spacial score (nSPS) is 10.4. The van der Waals surface area contributed by atoms with Crippen molar-refractivity contribution >= 4 is 17.4 Å². The van der Waals surface area contributed by atoms with E-state index in [2.05, 4.69) is 20.8 Å². The summed E-state index contributed by atoms with van der Waals surface area (Å²) in [4.78, 5) is 16.5. The quantitative estimate of drug-likeness (QED) is 0.699. The maximum atomic E-state index is 12.3. The van der Waals surface area contributed by atoms with Crippen LogP contribution in [0.4, 0.5) is 16.2 Å². The standard InChI is InChI=1S/C19H20N4O3/c1-3-25-16-10-8-15(9-11-16)21-19(24)22-17-7-5-4-6-14(17)12-18-20-13(2)23-26-18/h4-11H,3,12H2,1-2H3,(H2,21,22,24). The summed E-state index contributed by atoms with van der Waals surface area (Å²) in [5.74, 6) is 1.85. The van der Waals surface area contributed by atoms with Crippen molar-refractivity contribution < 1.29 is 14.1 Å². The average molecular weight is 352 g/mol. The van der Waals surface area contributed by atoms with Crippen molar-refractivity contribution in [2.24, 2.45) is 0 Å². The number of benzene rings is 2. The minimum atomic E-state index is -0.330. The maximum Gasteiger partial charge on any atom is 0.323 e. The van der Waals surface area contributed by atoms with Crippen LogP contribution in [0.2, 0.25) is 0 Å². The van der Waals surface area contributed by atoms with Crippen molar-refractivity contribution in [2.45, 2.75) is 20.3 Å². The molecule has 0 fully saturated rings. The highest BCUT2D eigenvalue weighted by Gasteiger charge is 2.10. The third-order valence-corrected chi connectivity index (χ3v) is 3.60. The Morgan fingerprint density at radius 3 is 2.58 bits per heavy atom. The van der Waals surface area contributed by atoms with Crippen LogP contribution in [0.3, 0.4) is 0 Å². The molecular weight excluding hydrogens is 332 g/mol. The molecule has 26 heavy (non-hydrogen) atoms. The van der Waals surface area contributed by atoms with Gasteiger partial charge in [0.05, 0.1) is 13.0 Å². The van der Waals surface area contributed by atoms with Crippen LogP contribution in [0.5, 0.6) is 5.75 Å². The molecule has 134 valence electrons. The van der Waals surface area contributed by atoms with E-state index in [9.17, 15) is 4.79 Å². The SMILES string of the molecule is CCOc1ccc(NC(=O)Nc2ccccc2Cc2nc(C)no2)cc1. The lowest BCUT2D eigenvalue weighted by atomic mass is 10.1. The van der Waals surface area contributed by atoms with Crippen LogP contribution >= 0.6 is 0 Å². The number of aryl methyl sites for hydroxylation is 1. The molecule has 3 aromatic rings. The maximum absolute atomic E-state index is 12.3. The molecule has 7 nitrogen and oxygen atoms in total. The van der Waals surface area contributed by atoms with Gasteiger partial charge in [0.15, 0.2) is 5.82 Å². The molecule has 2 N–H and O–H groups in total. The predicted octanol–water partition coefficient (Wildman–Crippen LogP) is 4.01. The Morgan fingerprint density at radius 2 is 1.88 bits per heavy atom. The fourth-order valence-electron chi connectivity index (χ4n) is 2.46. The van der Waals surface area contributed by atoms with Crippen LogP contribution in [0, 0.1) is 6.92 Å². The largest absolute Gasteiger partial charge is 0.494 e. The van der Waals surface area contributed by atoms with Gasteiger partial charge in [0.1, 0.15) is 5.75 Å². The molecule has 0 aliphatic heterocycles. The Hall–Kier alpha value is -3.35. The van der Waals surface area contributed by atoms with Crippen molar-refractivity contribution in [3.8, 4) is 5.75 Å². The Balaban J connectivity index is 1.65. The first kappa shape index (κ1) is 17.5. The number of para-hydroxylation sites is 1. The van der Waals surface area contributed by atoms with Crippen LogP contribution < -0.4 is 15.4 Å². The van der Waals surface area contributed by atoms with Gasteiger partial charge in [-0.05, 0) is 49.7 Å². The molecule has 2 amide bonds. The van der Waals surface area contributed by atoms with E-state index in [0.717, 1.165) is 11.3 Å². The number of amides is 2. The van der Waals surface area contributed by atoms with Crippen molar-refractivity contribution in [1.82, 2.24) is 10.1 Å². The lowest BCUT2D eigenvalue weighted by Crippen LogP contribution is -2.20. The molecule has 1 aromatic heterocycles. The van der Waals surface area contributed by atoms with Gasteiger partial charge in [-0.3, -0.25) is 0 Å². The molecular formula is C19H20N4O3. The van der Waals surface area contributed by atoms with Crippen molar-refractivity contribution in [2.75, 3.05) is 17.2 Å². The molecule has 0 bridgehead atoms. The first-order valence-electron chi connectivity index (χ1n) is 8.32. The molecule has 0 atom stereocenters. The number of hydrogen-bond acceptors (Lipinski definition) is 5. The summed E-state index contributed by atoms with van der Waals surface area (Å²) in [6, 6.07) is 14.4. The van der Waals surface area contributed by atoms with E-state index in [1.807, 2.05) is 43.3 Å². The number of hydrogen-bond donors (Lipinski definition) is 2. The number of urea groups is 1. The Kier molecular flexibility index (Phi) is 5.48. The predicted molar refractivity (Wildman–Crippen MR) is 98.5 cm³/mol. The van der Waals surface area contributed by atoms with Gasteiger partial charge in [-0.1, -0.05) is 23.4 Å². The summed E-state index contributed by atoms with van der Waals surface area (Å²) in [6.45, 7) is 4.29. The van der Waals surface area contributed by atoms with Gasteiger partial charge in [0.2, 0.25) is 5.89 Å². The van der Waals surface area contributed by atoms with Crippen LogP contribution in [0.25, 0.3) is 0 Å². The third kappa shape index (κ3) is 4.60. The minimum Gasteiger partial charge on any atom is -0.494 e. The molecule has 0 unspecified atom stereocenters.